The molecule has 1 aromatic heterocycles. The van der Waals surface area contributed by atoms with Gasteiger partial charge in [-0.2, -0.15) is 0 Å². The van der Waals surface area contributed by atoms with Gasteiger partial charge in [-0.1, -0.05) is 18.2 Å². The molecule has 17 heavy (non-hydrogen) atoms. The Morgan fingerprint density at radius 2 is 2.06 bits per heavy atom. The van der Waals surface area contributed by atoms with Gasteiger partial charge in [0, 0.05) is 28.9 Å². The van der Waals surface area contributed by atoms with Crippen molar-refractivity contribution in [1.29, 1.82) is 0 Å². The minimum atomic E-state index is 0.377. The van der Waals surface area contributed by atoms with Crippen molar-refractivity contribution in [2.45, 2.75) is 31.8 Å². The van der Waals surface area contributed by atoms with Gasteiger partial charge in [-0.25, -0.2) is 0 Å². The zero-order valence-electron chi connectivity index (χ0n) is 9.98. The molecule has 3 nitrogen and oxygen atoms in total. The summed E-state index contributed by atoms with van der Waals surface area (Å²) in [6.07, 6.45) is 2.13. The summed E-state index contributed by atoms with van der Waals surface area (Å²) in [6.45, 7) is 2.03. The van der Waals surface area contributed by atoms with E-state index >= 15 is 0 Å². The van der Waals surface area contributed by atoms with Crippen LogP contribution in [-0.2, 0) is 0 Å². The Balaban J connectivity index is 1.97. The van der Waals surface area contributed by atoms with E-state index in [2.05, 4.69) is 34.6 Å². The minimum absolute atomic E-state index is 0.377. The van der Waals surface area contributed by atoms with Crippen LogP contribution in [0.25, 0.3) is 10.9 Å². The van der Waals surface area contributed by atoms with Crippen LogP contribution in [0, 0.1) is 6.92 Å². The van der Waals surface area contributed by atoms with Crippen LogP contribution in [-0.4, -0.2) is 17.1 Å². The van der Waals surface area contributed by atoms with Crippen molar-refractivity contribution < 1.29 is 0 Å². The topological polar surface area (TPSA) is 50.9 Å². The van der Waals surface area contributed by atoms with Crippen molar-refractivity contribution in [3.63, 3.8) is 0 Å². The number of nitrogens with one attached hydrogen (secondary N) is 1. The SMILES string of the molecule is Cc1cc(NC2CC(N)C2)c2ccccc2n1. The van der Waals surface area contributed by atoms with E-state index in [1.165, 1.54) is 11.1 Å². The summed E-state index contributed by atoms with van der Waals surface area (Å²) in [4.78, 5) is 4.54. The predicted octanol–water partition coefficient (Wildman–Crippen LogP) is 2.44. The first-order chi connectivity index (χ1) is 8.22. The lowest BCUT2D eigenvalue weighted by molar-refractivity contribution is 0.374. The summed E-state index contributed by atoms with van der Waals surface area (Å²) in [5, 5.41) is 4.77. The second-order valence-corrected chi connectivity index (χ2v) is 4.90. The molecule has 0 amide bonds. The third-order valence-electron chi connectivity index (χ3n) is 3.38. The molecule has 0 atom stereocenters. The summed E-state index contributed by atoms with van der Waals surface area (Å²) in [6, 6.07) is 11.3. The van der Waals surface area contributed by atoms with Gasteiger partial charge in [0.1, 0.15) is 0 Å². The number of hydrogen-bond donors (Lipinski definition) is 2. The average Bonchev–Trinajstić information content (AvgIpc) is 2.26. The summed E-state index contributed by atoms with van der Waals surface area (Å²) in [7, 11) is 0. The minimum Gasteiger partial charge on any atom is -0.382 e. The lowest BCUT2D eigenvalue weighted by Crippen LogP contribution is -2.44. The van der Waals surface area contributed by atoms with Crippen molar-refractivity contribution in [2.75, 3.05) is 5.32 Å². The lowest BCUT2D eigenvalue weighted by Gasteiger charge is -2.34. The van der Waals surface area contributed by atoms with Gasteiger partial charge in [0.2, 0.25) is 0 Å². The number of para-hydroxylation sites is 1. The van der Waals surface area contributed by atoms with E-state index in [0.717, 1.165) is 24.1 Å². The molecule has 1 saturated carbocycles. The predicted molar refractivity (Wildman–Crippen MR) is 71.1 cm³/mol. The summed E-state index contributed by atoms with van der Waals surface area (Å²) >= 11 is 0. The molecule has 0 bridgehead atoms. The molecule has 1 fully saturated rings. The van der Waals surface area contributed by atoms with Crippen LogP contribution >= 0.6 is 0 Å². The number of hydrogen-bond acceptors (Lipinski definition) is 3. The molecule has 3 rings (SSSR count). The Bertz CT molecular complexity index is 544. The van der Waals surface area contributed by atoms with Gasteiger partial charge in [0.25, 0.3) is 0 Å². The molecule has 0 spiro atoms. The maximum Gasteiger partial charge on any atom is 0.0725 e. The molecule has 0 radical (unpaired) electrons. The largest absolute Gasteiger partial charge is 0.382 e. The van der Waals surface area contributed by atoms with Crippen LogP contribution in [0.4, 0.5) is 5.69 Å². The monoisotopic (exact) mass is 227 g/mol. The van der Waals surface area contributed by atoms with Crippen LogP contribution in [0.15, 0.2) is 30.3 Å². The van der Waals surface area contributed by atoms with Crippen LogP contribution < -0.4 is 11.1 Å². The fraction of sp³-hybridized carbons (Fsp3) is 0.357. The molecule has 3 heteroatoms. The van der Waals surface area contributed by atoms with Gasteiger partial charge >= 0.3 is 0 Å². The fourth-order valence-electron chi connectivity index (χ4n) is 2.43. The van der Waals surface area contributed by atoms with Gasteiger partial charge < -0.3 is 11.1 Å². The number of aryl methyl sites for hydroxylation is 1. The van der Waals surface area contributed by atoms with Crippen LogP contribution in [0.3, 0.4) is 0 Å². The number of benzene rings is 1. The highest BCUT2D eigenvalue weighted by Gasteiger charge is 2.25. The maximum atomic E-state index is 5.81. The van der Waals surface area contributed by atoms with Gasteiger partial charge in [0.05, 0.1) is 5.52 Å². The Morgan fingerprint density at radius 3 is 2.82 bits per heavy atom. The molecular weight excluding hydrogens is 210 g/mol. The molecule has 2 aromatic rings. The molecule has 0 unspecified atom stereocenters. The molecule has 1 aliphatic rings. The third-order valence-corrected chi connectivity index (χ3v) is 3.38. The fourth-order valence-corrected chi connectivity index (χ4v) is 2.43. The summed E-state index contributed by atoms with van der Waals surface area (Å²) < 4.78 is 0. The second-order valence-electron chi connectivity index (χ2n) is 4.90. The quantitative estimate of drug-likeness (QED) is 0.828. The number of nitrogens with zero attached hydrogens (tertiary/aromatic N) is 1. The highest BCUT2D eigenvalue weighted by atomic mass is 15.0. The van der Waals surface area contributed by atoms with Gasteiger partial charge in [-0.05, 0) is 31.9 Å². The normalized spacial score (nSPS) is 23.4. The lowest BCUT2D eigenvalue weighted by atomic mass is 9.87. The standard InChI is InChI=1S/C14H17N3/c1-9-6-14(17-11-7-10(15)8-11)12-4-2-3-5-13(12)16-9/h2-6,10-11H,7-8,15H2,1H3,(H,16,17). The first kappa shape index (κ1) is 10.5. The third kappa shape index (κ3) is 1.98. The van der Waals surface area contributed by atoms with Crippen molar-refractivity contribution in [3.05, 3.63) is 36.0 Å². The zero-order valence-corrected chi connectivity index (χ0v) is 9.98. The number of anilines is 1. The molecule has 3 N–H and O–H groups in total. The first-order valence-electron chi connectivity index (χ1n) is 6.11. The van der Waals surface area contributed by atoms with Crippen LogP contribution in [0.5, 0.6) is 0 Å². The number of pyridine rings is 1. The number of nitrogens with two attached hydrogens (primary N) is 1. The summed E-state index contributed by atoms with van der Waals surface area (Å²) in [5.74, 6) is 0. The van der Waals surface area contributed by atoms with Gasteiger partial charge in [-0.15, -0.1) is 0 Å². The average molecular weight is 227 g/mol. The first-order valence-corrected chi connectivity index (χ1v) is 6.11. The van der Waals surface area contributed by atoms with E-state index in [-0.39, 0.29) is 0 Å². The van der Waals surface area contributed by atoms with E-state index in [1.807, 2.05) is 13.0 Å². The van der Waals surface area contributed by atoms with Crippen molar-refractivity contribution in [2.24, 2.45) is 5.73 Å². The molecule has 1 heterocycles. The maximum absolute atomic E-state index is 5.81. The van der Waals surface area contributed by atoms with E-state index in [1.54, 1.807) is 0 Å². The van der Waals surface area contributed by atoms with Crippen LogP contribution in [0.1, 0.15) is 18.5 Å². The number of aromatic nitrogens is 1. The van der Waals surface area contributed by atoms with E-state index in [0.29, 0.717) is 12.1 Å². The molecular formula is C14H17N3. The molecule has 88 valence electrons. The van der Waals surface area contributed by atoms with Gasteiger partial charge in [0.15, 0.2) is 0 Å². The summed E-state index contributed by atoms with van der Waals surface area (Å²) in [5.41, 5.74) is 9.10. The number of rotatable bonds is 2. The van der Waals surface area contributed by atoms with Crippen molar-refractivity contribution >= 4 is 16.6 Å². The van der Waals surface area contributed by atoms with Crippen molar-refractivity contribution in [1.82, 2.24) is 4.98 Å². The highest BCUT2D eigenvalue weighted by Crippen LogP contribution is 2.28. The number of fused-ring (bicyclic) bond motifs is 1. The smallest absolute Gasteiger partial charge is 0.0725 e. The van der Waals surface area contributed by atoms with E-state index < -0.39 is 0 Å². The molecule has 0 aliphatic heterocycles. The van der Waals surface area contributed by atoms with Crippen LogP contribution in [0.2, 0.25) is 0 Å². The Labute approximate surface area is 101 Å². The van der Waals surface area contributed by atoms with E-state index in [4.69, 9.17) is 5.73 Å². The zero-order chi connectivity index (χ0) is 11.8. The van der Waals surface area contributed by atoms with Crippen molar-refractivity contribution in [3.8, 4) is 0 Å². The molecule has 1 aromatic carbocycles. The highest BCUT2D eigenvalue weighted by molar-refractivity contribution is 5.91. The molecule has 1 aliphatic carbocycles. The Kier molecular flexibility index (Phi) is 2.48. The molecule has 0 saturated heterocycles. The van der Waals surface area contributed by atoms with E-state index in [9.17, 15) is 0 Å². The Morgan fingerprint density at radius 1 is 1.29 bits per heavy atom. The van der Waals surface area contributed by atoms with Gasteiger partial charge in [-0.3, -0.25) is 4.98 Å². The second kappa shape index (κ2) is 4.00. The Hall–Kier alpha value is -1.61.